The van der Waals surface area contributed by atoms with Crippen LogP contribution in [0.15, 0.2) is 42.5 Å². The Hall–Kier alpha value is -2.29. The third kappa shape index (κ3) is 3.60. The van der Waals surface area contributed by atoms with E-state index in [1.807, 2.05) is 49.4 Å². The number of anilines is 2. The van der Waals surface area contributed by atoms with E-state index in [1.165, 1.54) is 11.1 Å². The van der Waals surface area contributed by atoms with E-state index in [1.54, 1.807) is 0 Å². The molecule has 0 radical (unpaired) electrons. The van der Waals surface area contributed by atoms with Gasteiger partial charge in [0.2, 0.25) is 0 Å². The average Bonchev–Trinajstić information content (AvgIpc) is 2.44. The minimum absolute atomic E-state index is 0.225. The maximum atomic E-state index is 11.9. The Kier molecular flexibility index (Phi) is 4.41. The highest BCUT2D eigenvalue weighted by molar-refractivity contribution is 5.99. The molecule has 104 valence electrons. The Morgan fingerprint density at radius 3 is 2.10 bits per heavy atom. The maximum absolute atomic E-state index is 11.9. The average molecular weight is 268 g/mol. The van der Waals surface area contributed by atoms with Crippen molar-refractivity contribution in [3.63, 3.8) is 0 Å². The Morgan fingerprint density at radius 2 is 1.50 bits per heavy atom. The van der Waals surface area contributed by atoms with Gasteiger partial charge in [-0.1, -0.05) is 25.1 Å². The van der Waals surface area contributed by atoms with E-state index >= 15 is 0 Å². The van der Waals surface area contributed by atoms with E-state index in [2.05, 4.69) is 24.5 Å². The molecule has 0 fully saturated rings. The first kappa shape index (κ1) is 14.1. The summed E-state index contributed by atoms with van der Waals surface area (Å²) in [6.07, 6.45) is 0.995. The van der Waals surface area contributed by atoms with Crippen LogP contribution >= 0.6 is 0 Å². The Bertz CT molecular complexity index is 603. The predicted molar refractivity (Wildman–Crippen MR) is 84.4 cm³/mol. The summed E-state index contributed by atoms with van der Waals surface area (Å²) in [6, 6.07) is 13.5. The summed E-state index contributed by atoms with van der Waals surface area (Å²) in [4.78, 5) is 11.9. The Morgan fingerprint density at radius 1 is 0.900 bits per heavy atom. The highest BCUT2D eigenvalue weighted by Gasteiger charge is 2.03. The molecule has 0 bridgehead atoms. The van der Waals surface area contributed by atoms with Gasteiger partial charge in [-0.15, -0.1) is 0 Å². The van der Waals surface area contributed by atoms with E-state index in [0.717, 1.165) is 23.4 Å². The molecule has 0 aliphatic carbocycles. The lowest BCUT2D eigenvalue weighted by Crippen LogP contribution is -2.19. The van der Waals surface area contributed by atoms with E-state index in [-0.39, 0.29) is 6.03 Å². The standard InChI is InChI=1S/C17H20N2O/c1-4-14-6-9-15(10-7-14)18-17(20)19-16-8-5-12(2)13(3)11-16/h5-11H,4H2,1-3H3,(H2,18,19,20). The number of benzene rings is 2. The first-order valence-corrected chi connectivity index (χ1v) is 6.82. The quantitative estimate of drug-likeness (QED) is 0.844. The second kappa shape index (κ2) is 6.24. The van der Waals surface area contributed by atoms with Crippen LogP contribution in [0.2, 0.25) is 0 Å². The normalized spacial score (nSPS) is 10.2. The van der Waals surface area contributed by atoms with Crippen LogP contribution in [0.4, 0.5) is 16.2 Å². The number of nitrogens with one attached hydrogen (secondary N) is 2. The summed E-state index contributed by atoms with van der Waals surface area (Å²) < 4.78 is 0. The van der Waals surface area contributed by atoms with Crippen molar-refractivity contribution in [2.75, 3.05) is 10.6 Å². The molecule has 0 aromatic heterocycles. The van der Waals surface area contributed by atoms with Gasteiger partial charge in [-0.05, 0) is 61.2 Å². The highest BCUT2D eigenvalue weighted by atomic mass is 16.2. The summed E-state index contributed by atoms with van der Waals surface area (Å²) in [6.45, 7) is 6.19. The van der Waals surface area contributed by atoms with E-state index in [9.17, 15) is 4.79 Å². The second-order valence-electron chi connectivity index (χ2n) is 4.93. The van der Waals surface area contributed by atoms with Crippen LogP contribution in [0.5, 0.6) is 0 Å². The fourth-order valence-electron chi connectivity index (χ4n) is 1.94. The lowest BCUT2D eigenvalue weighted by molar-refractivity contribution is 0.262. The number of carbonyl (C=O) groups excluding carboxylic acids is 1. The van der Waals surface area contributed by atoms with Crippen molar-refractivity contribution in [2.45, 2.75) is 27.2 Å². The van der Waals surface area contributed by atoms with Crippen LogP contribution in [0, 0.1) is 13.8 Å². The van der Waals surface area contributed by atoms with Crippen LogP contribution in [-0.2, 0) is 6.42 Å². The molecular weight excluding hydrogens is 248 g/mol. The van der Waals surface area contributed by atoms with Crippen LogP contribution in [0.25, 0.3) is 0 Å². The van der Waals surface area contributed by atoms with Gasteiger partial charge in [0, 0.05) is 11.4 Å². The van der Waals surface area contributed by atoms with Crippen molar-refractivity contribution >= 4 is 17.4 Å². The molecule has 2 N–H and O–H groups in total. The fourth-order valence-corrected chi connectivity index (χ4v) is 1.94. The predicted octanol–water partition coefficient (Wildman–Crippen LogP) is 4.51. The molecule has 0 heterocycles. The van der Waals surface area contributed by atoms with Gasteiger partial charge in [0.1, 0.15) is 0 Å². The number of carbonyl (C=O) groups is 1. The van der Waals surface area contributed by atoms with Crippen LogP contribution in [0.1, 0.15) is 23.6 Å². The molecule has 3 nitrogen and oxygen atoms in total. The molecule has 0 aliphatic rings. The molecule has 0 saturated carbocycles. The second-order valence-corrected chi connectivity index (χ2v) is 4.93. The lowest BCUT2D eigenvalue weighted by atomic mass is 10.1. The van der Waals surface area contributed by atoms with Gasteiger partial charge in [-0.2, -0.15) is 0 Å². The monoisotopic (exact) mass is 268 g/mol. The van der Waals surface area contributed by atoms with Gasteiger partial charge in [0.15, 0.2) is 0 Å². The molecule has 20 heavy (non-hydrogen) atoms. The third-order valence-electron chi connectivity index (χ3n) is 3.38. The van der Waals surface area contributed by atoms with Gasteiger partial charge >= 0.3 is 6.03 Å². The van der Waals surface area contributed by atoms with Gasteiger partial charge in [0.05, 0.1) is 0 Å². The molecule has 0 atom stereocenters. The van der Waals surface area contributed by atoms with Crippen molar-refractivity contribution in [2.24, 2.45) is 0 Å². The molecule has 0 unspecified atom stereocenters. The zero-order valence-electron chi connectivity index (χ0n) is 12.2. The summed E-state index contributed by atoms with van der Waals surface area (Å²) in [5, 5.41) is 5.66. The number of aryl methyl sites for hydroxylation is 3. The summed E-state index contributed by atoms with van der Waals surface area (Å²) in [5.74, 6) is 0. The molecule has 2 aromatic carbocycles. The summed E-state index contributed by atoms with van der Waals surface area (Å²) in [7, 11) is 0. The van der Waals surface area contributed by atoms with E-state index < -0.39 is 0 Å². The minimum Gasteiger partial charge on any atom is -0.308 e. The van der Waals surface area contributed by atoms with E-state index in [0.29, 0.717) is 0 Å². The first-order chi connectivity index (χ1) is 9.58. The largest absolute Gasteiger partial charge is 0.323 e. The van der Waals surface area contributed by atoms with Gasteiger partial charge in [-0.25, -0.2) is 4.79 Å². The molecule has 2 rings (SSSR count). The molecule has 2 aromatic rings. The topological polar surface area (TPSA) is 41.1 Å². The van der Waals surface area contributed by atoms with Crippen molar-refractivity contribution < 1.29 is 4.79 Å². The summed E-state index contributed by atoms with van der Waals surface area (Å²) >= 11 is 0. The zero-order chi connectivity index (χ0) is 14.5. The van der Waals surface area contributed by atoms with Gasteiger partial charge < -0.3 is 10.6 Å². The number of urea groups is 1. The Balaban J connectivity index is 1.99. The summed E-state index contributed by atoms with van der Waals surface area (Å²) in [5.41, 5.74) is 5.23. The number of hydrogen-bond donors (Lipinski definition) is 2. The SMILES string of the molecule is CCc1ccc(NC(=O)Nc2ccc(C)c(C)c2)cc1. The van der Waals surface area contributed by atoms with Crippen molar-refractivity contribution in [3.05, 3.63) is 59.2 Å². The van der Waals surface area contributed by atoms with Gasteiger partial charge in [0.25, 0.3) is 0 Å². The van der Waals surface area contributed by atoms with Crippen molar-refractivity contribution in [1.82, 2.24) is 0 Å². The van der Waals surface area contributed by atoms with Gasteiger partial charge in [-0.3, -0.25) is 0 Å². The molecule has 0 spiro atoms. The molecule has 0 saturated heterocycles. The van der Waals surface area contributed by atoms with E-state index in [4.69, 9.17) is 0 Å². The number of hydrogen-bond acceptors (Lipinski definition) is 1. The van der Waals surface area contributed by atoms with Crippen molar-refractivity contribution in [3.8, 4) is 0 Å². The molecule has 0 aliphatic heterocycles. The third-order valence-corrected chi connectivity index (χ3v) is 3.38. The molecule has 2 amide bonds. The fraction of sp³-hybridized carbons (Fsp3) is 0.235. The maximum Gasteiger partial charge on any atom is 0.323 e. The van der Waals surface area contributed by atoms with Crippen LogP contribution < -0.4 is 10.6 Å². The zero-order valence-corrected chi connectivity index (χ0v) is 12.2. The molecule has 3 heteroatoms. The van der Waals surface area contributed by atoms with Crippen LogP contribution in [0.3, 0.4) is 0 Å². The lowest BCUT2D eigenvalue weighted by Gasteiger charge is -2.09. The minimum atomic E-state index is -0.225. The number of rotatable bonds is 3. The first-order valence-electron chi connectivity index (χ1n) is 6.82. The Labute approximate surface area is 120 Å². The smallest absolute Gasteiger partial charge is 0.308 e. The highest BCUT2D eigenvalue weighted by Crippen LogP contribution is 2.15. The van der Waals surface area contributed by atoms with Crippen molar-refractivity contribution in [1.29, 1.82) is 0 Å². The van der Waals surface area contributed by atoms with Crippen LogP contribution in [-0.4, -0.2) is 6.03 Å². The molecular formula is C17H20N2O. The number of amides is 2.